The van der Waals surface area contributed by atoms with E-state index < -0.39 is 5.54 Å². The van der Waals surface area contributed by atoms with Crippen molar-refractivity contribution in [2.75, 3.05) is 20.2 Å². The van der Waals surface area contributed by atoms with Crippen molar-refractivity contribution in [3.8, 4) is 5.75 Å². The lowest BCUT2D eigenvalue weighted by Gasteiger charge is -2.38. The van der Waals surface area contributed by atoms with E-state index in [0.29, 0.717) is 6.42 Å². The number of hydrogen-bond acceptors (Lipinski definition) is 4. The fraction of sp³-hybridized carbons (Fsp3) is 0.619. The molecule has 6 nitrogen and oxygen atoms in total. The molecule has 1 aromatic carbocycles. The molecule has 146 valence electrons. The molecule has 2 N–H and O–H groups in total. The summed E-state index contributed by atoms with van der Waals surface area (Å²) in [5.41, 5.74) is 0.184. The second-order valence-corrected chi connectivity index (χ2v) is 8.07. The highest BCUT2D eigenvalue weighted by Gasteiger charge is 2.57. The number of imide groups is 1. The molecule has 1 aromatic rings. The van der Waals surface area contributed by atoms with Crippen molar-refractivity contribution >= 4 is 11.9 Å². The van der Waals surface area contributed by atoms with Gasteiger partial charge < -0.3 is 15.4 Å². The van der Waals surface area contributed by atoms with Gasteiger partial charge in [-0.3, -0.25) is 9.69 Å². The molecule has 6 heteroatoms. The van der Waals surface area contributed by atoms with Gasteiger partial charge in [-0.15, -0.1) is 0 Å². The van der Waals surface area contributed by atoms with Crippen molar-refractivity contribution < 1.29 is 14.3 Å². The zero-order chi connectivity index (χ0) is 18.9. The summed E-state index contributed by atoms with van der Waals surface area (Å²) in [6.07, 6.45) is 6.36. The van der Waals surface area contributed by atoms with Crippen molar-refractivity contribution in [3.05, 3.63) is 29.8 Å². The Kier molecular flexibility index (Phi) is 5.08. The highest BCUT2D eigenvalue weighted by atomic mass is 16.5. The average Bonchev–Trinajstić information content (AvgIpc) is 3.30. The lowest BCUT2D eigenvalue weighted by molar-refractivity contribution is -0.135. The maximum Gasteiger partial charge on any atom is 0.325 e. The maximum absolute atomic E-state index is 13.7. The van der Waals surface area contributed by atoms with Gasteiger partial charge in [-0.1, -0.05) is 25.0 Å². The largest absolute Gasteiger partial charge is 0.497 e. The molecule has 0 radical (unpaired) electrons. The monoisotopic (exact) mass is 371 g/mol. The second-order valence-electron chi connectivity index (χ2n) is 8.07. The van der Waals surface area contributed by atoms with Crippen LogP contribution in [0.4, 0.5) is 4.79 Å². The van der Waals surface area contributed by atoms with E-state index in [0.717, 1.165) is 62.9 Å². The van der Waals surface area contributed by atoms with E-state index in [-0.39, 0.29) is 23.9 Å². The molecule has 1 atom stereocenters. The molecular weight excluding hydrogens is 342 g/mol. The third-order valence-corrected chi connectivity index (χ3v) is 6.49. The van der Waals surface area contributed by atoms with Gasteiger partial charge in [0.25, 0.3) is 5.91 Å². The van der Waals surface area contributed by atoms with Crippen LogP contribution in [0.2, 0.25) is 0 Å². The van der Waals surface area contributed by atoms with Crippen molar-refractivity contribution in [2.24, 2.45) is 5.92 Å². The predicted octanol–water partition coefficient (Wildman–Crippen LogP) is 2.47. The minimum atomic E-state index is -0.839. The Balaban J connectivity index is 1.68. The number of methoxy groups -OCH3 is 1. The highest BCUT2D eigenvalue weighted by Crippen LogP contribution is 2.38. The Morgan fingerprint density at radius 3 is 2.59 bits per heavy atom. The number of hydrogen-bond donors (Lipinski definition) is 2. The first-order valence-corrected chi connectivity index (χ1v) is 10.1. The first-order valence-electron chi connectivity index (χ1n) is 10.1. The van der Waals surface area contributed by atoms with Crippen LogP contribution in [-0.4, -0.2) is 48.6 Å². The SMILES string of the molecule is COc1cccc(CC2(C3CCNCC3)NC(=O)N(C3CCCC3)C2=O)c1. The maximum atomic E-state index is 13.7. The van der Waals surface area contributed by atoms with Gasteiger partial charge in [-0.05, 0) is 62.4 Å². The summed E-state index contributed by atoms with van der Waals surface area (Å²) in [5, 5.41) is 6.54. The van der Waals surface area contributed by atoms with Gasteiger partial charge in [0.05, 0.1) is 7.11 Å². The number of benzene rings is 1. The number of urea groups is 1. The predicted molar refractivity (Wildman–Crippen MR) is 103 cm³/mol. The van der Waals surface area contributed by atoms with Gasteiger partial charge in [-0.25, -0.2) is 4.79 Å². The van der Waals surface area contributed by atoms with Gasteiger partial charge in [0, 0.05) is 12.5 Å². The fourth-order valence-corrected chi connectivity index (χ4v) is 5.07. The quantitative estimate of drug-likeness (QED) is 0.780. The molecule has 2 aliphatic heterocycles. The van der Waals surface area contributed by atoms with E-state index in [4.69, 9.17) is 4.74 Å². The molecular formula is C21H29N3O3. The summed E-state index contributed by atoms with van der Waals surface area (Å²) in [4.78, 5) is 28.1. The molecule has 3 aliphatic rings. The van der Waals surface area contributed by atoms with Gasteiger partial charge in [0.2, 0.25) is 0 Å². The van der Waals surface area contributed by atoms with Crippen LogP contribution >= 0.6 is 0 Å². The van der Waals surface area contributed by atoms with Crippen LogP contribution in [-0.2, 0) is 11.2 Å². The molecule has 1 unspecified atom stereocenters. The molecule has 0 spiro atoms. The lowest BCUT2D eigenvalue weighted by Crippen LogP contribution is -2.57. The summed E-state index contributed by atoms with van der Waals surface area (Å²) < 4.78 is 5.36. The van der Waals surface area contributed by atoms with Gasteiger partial charge in [0.15, 0.2) is 0 Å². The van der Waals surface area contributed by atoms with Crippen LogP contribution in [0.5, 0.6) is 5.75 Å². The van der Waals surface area contributed by atoms with Gasteiger partial charge >= 0.3 is 6.03 Å². The summed E-state index contributed by atoms with van der Waals surface area (Å²) in [6.45, 7) is 1.77. The second kappa shape index (κ2) is 7.50. The lowest BCUT2D eigenvalue weighted by atomic mass is 9.74. The average molecular weight is 371 g/mol. The molecule has 0 aromatic heterocycles. The minimum Gasteiger partial charge on any atom is -0.497 e. The topological polar surface area (TPSA) is 70.7 Å². The van der Waals surface area contributed by atoms with E-state index in [1.807, 2.05) is 24.3 Å². The van der Waals surface area contributed by atoms with E-state index in [2.05, 4.69) is 10.6 Å². The molecule has 1 aliphatic carbocycles. The zero-order valence-corrected chi connectivity index (χ0v) is 16.0. The Morgan fingerprint density at radius 1 is 1.15 bits per heavy atom. The van der Waals surface area contributed by atoms with E-state index in [1.54, 1.807) is 12.0 Å². The Labute approximate surface area is 160 Å². The number of ether oxygens (including phenoxy) is 1. The fourth-order valence-electron chi connectivity index (χ4n) is 5.07. The Morgan fingerprint density at radius 2 is 1.89 bits per heavy atom. The van der Waals surface area contributed by atoms with Crippen molar-refractivity contribution in [2.45, 2.75) is 56.5 Å². The van der Waals surface area contributed by atoms with E-state index >= 15 is 0 Å². The van der Waals surface area contributed by atoms with Gasteiger partial charge in [0.1, 0.15) is 11.3 Å². The van der Waals surface area contributed by atoms with Crippen molar-refractivity contribution in [3.63, 3.8) is 0 Å². The summed E-state index contributed by atoms with van der Waals surface area (Å²) >= 11 is 0. The van der Waals surface area contributed by atoms with Crippen LogP contribution in [0.1, 0.15) is 44.1 Å². The smallest absolute Gasteiger partial charge is 0.325 e. The summed E-state index contributed by atoms with van der Waals surface area (Å²) in [6, 6.07) is 7.70. The van der Waals surface area contributed by atoms with Crippen molar-refractivity contribution in [1.29, 1.82) is 0 Å². The molecule has 1 saturated carbocycles. The molecule has 0 bridgehead atoms. The molecule has 3 amide bonds. The van der Waals surface area contributed by atoms with E-state index in [9.17, 15) is 9.59 Å². The third kappa shape index (κ3) is 3.31. The number of carbonyl (C=O) groups is 2. The normalized spacial score (nSPS) is 27.2. The first-order chi connectivity index (χ1) is 13.1. The summed E-state index contributed by atoms with van der Waals surface area (Å²) in [5.74, 6) is 0.902. The molecule has 27 heavy (non-hydrogen) atoms. The number of nitrogens with one attached hydrogen (secondary N) is 2. The molecule has 3 fully saturated rings. The standard InChI is InChI=1S/C21H29N3O3/c1-27-18-8-4-5-15(13-18)14-21(16-9-11-22-12-10-16)19(25)24(20(26)23-21)17-6-2-3-7-17/h4-5,8,13,16-17,22H,2-3,6-7,9-12,14H2,1H3,(H,23,26). The molecule has 2 saturated heterocycles. The number of nitrogens with zero attached hydrogens (tertiary/aromatic N) is 1. The zero-order valence-electron chi connectivity index (χ0n) is 16.0. The minimum absolute atomic E-state index is 0.0193. The highest BCUT2D eigenvalue weighted by molar-refractivity contribution is 6.07. The van der Waals surface area contributed by atoms with Crippen LogP contribution in [0.15, 0.2) is 24.3 Å². The Hall–Kier alpha value is -2.08. The molecule has 4 rings (SSSR count). The summed E-state index contributed by atoms with van der Waals surface area (Å²) in [7, 11) is 1.64. The molecule has 2 heterocycles. The number of amides is 3. The van der Waals surface area contributed by atoms with E-state index in [1.165, 1.54) is 0 Å². The number of piperidine rings is 1. The Bertz CT molecular complexity index is 710. The van der Waals surface area contributed by atoms with Crippen LogP contribution in [0, 0.1) is 5.92 Å². The van der Waals surface area contributed by atoms with Crippen LogP contribution < -0.4 is 15.4 Å². The van der Waals surface area contributed by atoms with Crippen LogP contribution in [0.25, 0.3) is 0 Å². The number of carbonyl (C=O) groups excluding carboxylic acids is 2. The van der Waals surface area contributed by atoms with Gasteiger partial charge in [-0.2, -0.15) is 0 Å². The third-order valence-electron chi connectivity index (χ3n) is 6.49. The van der Waals surface area contributed by atoms with Crippen LogP contribution in [0.3, 0.4) is 0 Å². The van der Waals surface area contributed by atoms with Crippen molar-refractivity contribution in [1.82, 2.24) is 15.5 Å². The first kappa shape index (κ1) is 18.3. The number of rotatable bonds is 5.